The van der Waals surface area contributed by atoms with Crippen LogP contribution in [0.15, 0.2) is 66.7 Å². The number of nitrogens with two attached hydrogens (primary N) is 1. The number of nitrogens with one attached hydrogen (secondary N) is 1. The third-order valence-electron chi connectivity index (χ3n) is 6.57. The van der Waals surface area contributed by atoms with Gasteiger partial charge in [-0.05, 0) is 55.0 Å². The van der Waals surface area contributed by atoms with Gasteiger partial charge < -0.3 is 10.5 Å². The predicted molar refractivity (Wildman–Crippen MR) is 141 cm³/mol. The van der Waals surface area contributed by atoms with Gasteiger partial charge in [-0.25, -0.2) is 21.9 Å². The molecule has 0 bridgehead atoms. The molecule has 1 saturated carbocycles. The Labute approximate surface area is 221 Å². The number of amides is 1. The fraction of sp³-hybridized carbons (Fsp3) is 0.296. The highest BCUT2D eigenvalue weighted by atomic mass is 35.5. The molecule has 3 aromatic rings. The van der Waals surface area contributed by atoms with E-state index < -0.39 is 39.0 Å². The molecule has 198 valence electrons. The number of halogens is 3. The highest BCUT2D eigenvalue weighted by Crippen LogP contribution is 2.42. The van der Waals surface area contributed by atoms with E-state index in [1.54, 1.807) is 18.2 Å². The molecule has 0 unspecified atom stereocenters. The molecule has 4 rings (SSSR count). The first-order valence-electron chi connectivity index (χ1n) is 11.6. The number of primary amides is 1. The van der Waals surface area contributed by atoms with Crippen LogP contribution in [0.2, 0.25) is 0 Å². The summed E-state index contributed by atoms with van der Waals surface area (Å²) in [6, 6.07) is 17.5. The van der Waals surface area contributed by atoms with Crippen molar-refractivity contribution >= 4 is 28.3 Å². The second-order valence-electron chi connectivity index (χ2n) is 9.36. The van der Waals surface area contributed by atoms with E-state index >= 15 is 0 Å². The van der Waals surface area contributed by atoms with Crippen molar-refractivity contribution in [2.45, 2.75) is 38.3 Å². The van der Waals surface area contributed by atoms with Crippen LogP contribution in [-0.2, 0) is 27.8 Å². The Morgan fingerprint density at radius 2 is 1.76 bits per heavy atom. The molecule has 0 spiro atoms. The van der Waals surface area contributed by atoms with Gasteiger partial charge in [-0.3, -0.25) is 4.79 Å². The third kappa shape index (κ3) is 6.85. The van der Waals surface area contributed by atoms with Gasteiger partial charge in [0.05, 0.1) is 11.7 Å². The van der Waals surface area contributed by atoms with Gasteiger partial charge in [0.2, 0.25) is 15.9 Å². The average molecular weight is 551 g/mol. The lowest BCUT2D eigenvalue weighted by atomic mass is 9.78. The number of hydrogen-bond donors (Lipinski definition) is 2. The van der Waals surface area contributed by atoms with Crippen LogP contribution in [0.4, 0.5) is 8.78 Å². The van der Waals surface area contributed by atoms with Gasteiger partial charge in [0.25, 0.3) is 0 Å². The molecule has 3 aromatic carbocycles. The lowest BCUT2D eigenvalue weighted by Crippen LogP contribution is -2.40. The highest BCUT2D eigenvalue weighted by molar-refractivity contribution is 7.88. The summed E-state index contributed by atoms with van der Waals surface area (Å²) in [6.07, 6.45) is 2.37. The zero-order chi connectivity index (χ0) is 25.9. The lowest BCUT2D eigenvalue weighted by molar-refractivity contribution is -0.127. The van der Waals surface area contributed by atoms with Gasteiger partial charge in [0.15, 0.2) is 11.6 Å². The van der Waals surface area contributed by atoms with E-state index in [1.807, 2.05) is 30.3 Å². The molecule has 0 saturated heterocycles. The Morgan fingerprint density at radius 3 is 2.43 bits per heavy atom. The average Bonchev–Trinajstić information content (AvgIpc) is 3.22. The number of ether oxygens (including phenoxy) is 1. The van der Waals surface area contributed by atoms with Crippen molar-refractivity contribution in [2.75, 3.05) is 6.26 Å². The molecule has 1 aliphatic carbocycles. The number of sulfonamides is 1. The molecule has 1 aliphatic rings. The Hall–Kier alpha value is -3.01. The molecule has 10 heteroatoms. The van der Waals surface area contributed by atoms with Crippen LogP contribution in [0.5, 0.6) is 5.75 Å². The maximum Gasteiger partial charge on any atom is 0.224 e. The number of carbonyl (C=O) groups excluding carboxylic acids is 1. The van der Waals surface area contributed by atoms with Crippen molar-refractivity contribution in [3.8, 4) is 16.9 Å². The van der Waals surface area contributed by atoms with Crippen LogP contribution in [0.25, 0.3) is 11.1 Å². The first-order valence-corrected chi connectivity index (χ1v) is 13.5. The second-order valence-corrected chi connectivity index (χ2v) is 11.1. The van der Waals surface area contributed by atoms with E-state index in [-0.39, 0.29) is 48.7 Å². The van der Waals surface area contributed by atoms with Crippen LogP contribution in [-0.4, -0.2) is 26.6 Å². The fourth-order valence-electron chi connectivity index (χ4n) is 4.88. The van der Waals surface area contributed by atoms with E-state index in [0.717, 1.165) is 11.8 Å². The van der Waals surface area contributed by atoms with E-state index in [1.165, 1.54) is 18.2 Å². The molecule has 6 nitrogen and oxygen atoms in total. The largest absolute Gasteiger partial charge is 0.485 e. The van der Waals surface area contributed by atoms with Gasteiger partial charge in [0.1, 0.15) is 12.4 Å². The summed E-state index contributed by atoms with van der Waals surface area (Å²) in [6.45, 7) is 0.107. The van der Waals surface area contributed by atoms with E-state index in [2.05, 4.69) is 4.72 Å². The third-order valence-corrected chi connectivity index (χ3v) is 7.33. The highest BCUT2D eigenvalue weighted by Gasteiger charge is 2.44. The van der Waals surface area contributed by atoms with E-state index in [0.29, 0.717) is 18.4 Å². The van der Waals surface area contributed by atoms with Crippen molar-refractivity contribution in [3.05, 3.63) is 89.5 Å². The van der Waals surface area contributed by atoms with Crippen LogP contribution in [0, 0.1) is 17.0 Å². The van der Waals surface area contributed by atoms with Gasteiger partial charge in [-0.2, -0.15) is 0 Å². The Morgan fingerprint density at radius 1 is 1.03 bits per heavy atom. The first kappa shape index (κ1) is 28.6. The smallest absolute Gasteiger partial charge is 0.224 e. The molecule has 0 heterocycles. The van der Waals surface area contributed by atoms with E-state index in [4.69, 9.17) is 10.5 Å². The van der Waals surface area contributed by atoms with Gasteiger partial charge in [-0.1, -0.05) is 48.5 Å². The topological polar surface area (TPSA) is 98.5 Å². The summed E-state index contributed by atoms with van der Waals surface area (Å²) in [5.74, 6) is -1.79. The van der Waals surface area contributed by atoms with Gasteiger partial charge >= 0.3 is 0 Å². The lowest BCUT2D eigenvalue weighted by Gasteiger charge is -2.26. The Bertz CT molecular complexity index is 1370. The van der Waals surface area contributed by atoms with E-state index in [9.17, 15) is 22.0 Å². The normalized spacial score (nSPS) is 19.3. The molecular formula is C27H29ClF2N2O4S. The Balaban J connectivity index is 0.00000380. The zero-order valence-corrected chi connectivity index (χ0v) is 21.9. The van der Waals surface area contributed by atoms with Crippen LogP contribution < -0.4 is 15.2 Å². The van der Waals surface area contributed by atoms with Gasteiger partial charge in [0, 0.05) is 17.2 Å². The zero-order valence-electron chi connectivity index (χ0n) is 20.2. The summed E-state index contributed by atoms with van der Waals surface area (Å²) < 4.78 is 61.4. The maximum atomic E-state index is 15.0. The standard InChI is InChI=1S/C27H28F2N2O4S.ClH/c1-36(33,34)31-20-12-13-27(16-20,26(30)32)15-19-10-11-23(28)22(14-19)21-8-5-9-24(29)25(21)35-17-18-6-3-2-4-7-18;/h2-11,14,20,31H,12-13,15-17H2,1H3,(H2,30,32);1H/t20-,27+;/m0./s1. The van der Waals surface area contributed by atoms with Crippen molar-refractivity contribution in [3.63, 3.8) is 0 Å². The number of hydrogen-bond acceptors (Lipinski definition) is 4. The monoisotopic (exact) mass is 550 g/mol. The summed E-state index contributed by atoms with van der Waals surface area (Å²) in [4.78, 5) is 12.5. The molecule has 2 atom stereocenters. The van der Waals surface area contributed by atoms with Crippen molar-refractivity contribution in [1.29, 1.82) is 0 Å². The molecule has 0 aromatic heterocycles. The second kappa shape index (κ2) is 11.6. The molecule has 1 fully saturated rings. The minimum Gasteiger partial charge on any atom is -0.485 e. The summed E-state index contributed by atoms with van der Waals surface area (Å²) in [5.41, 5.74) is 6.64. The summed E-state index contributed by atoms with van der Waals surface area (Å²) in [7, 11) is -3.44. The minimum absolute atomic E-state index is 0. The molecule has 3 N–H and O–H groups in total. The van der Waals surface area contributed by atoms with Crippen molar-refractivity contribution < 1.29 is 26.7 Å². The minimum atomic E-state index is -3.44. The van der Waals surface area contributed by atoms with Crippen LogP contribution >= 0.6 is 12.4 Å². The predicted octanol–water partition coefficient (Wildman–Crippen LogP) is 4.75. The number of para-hydroxylation sites is 1. The molecule has 1 amide bonds. The number of rotatable bonds is 9. The number of benzene rings is 3. The summed E-state index contributed by atoms with van der Waals surface area (Å²) >= 11 is 0. The number of carbonyl (C=O) groups is 1. The molecular weight excluding hydrogens is 522 g/mol. The molecule has 0 radical (unpaired) electrons. The summed E-state index contributed by atoms with van der Waals surface area (Å²) in [5, 5.41) is 0. The van der Waals surface area contributed by atoms with Crippen molar-refractivity contribution in [2.24, 2.45) is 11.1 Å². The van der Waals surface area contributed by atoms with Crippen LogP contribution in [0.1, 0.15) is 30.4 Å². The molecule has 37 heavy (non-hydrogen) atoms. The SMILES string of the molecule is CS(=O)(=O)N[C@H]1CC[C@](Cc2ccc(F)c(-c3cccc(F)c3OCc3ccccc3)c2)(C(N)=O)C1.Cl. The van der Waals surface area contributed by atoms with Crippen LogP contribution in [0.3, 0.4) is 0 Å². The first-order chi connectivity index (χ1) is 17.1. The Kier molecular flexibility index (Phi) is 8.94. The maximum absolute atomic E-state index is 15.0. The van der Waals surface area contributed by atoms with Gasteiger partial charge in [-0.15, -0.1) is 12.4 Å². The van der Waals surface area contributed by atoms with Crippen molar-refractivity contribution in [1.82, 2.24) is 4.72 Å². The quantitative estimate of drug-likeness (QED) is 0.402. The molecule has 0 aliphatic heterocycles. The fourth-order valence-corrected chi connectivity index (χ4v) is 5.68.